The quantitative estimate of drug-likeness (QED) is 0.133. The molecular weight excluding hydrogens is 264 g/mol. The normalized spacial score (nSPS) is 10.5. The Hall–Kier alpha value is -2.72. The predicted octanol–water partition coefficient (Wildman–Crippen LogP) is 0.282. The van der Waals surface area contributed by atoms with E-state index in [0.717, 1.165) is 18.2 Å². The second-order valence-corrected chi connectivity index (χ2v) is 3.11. The van der Waals surface area contributed by atoms with Gasteiger partial charge in [-0.1, -0.05) is 5.11 Å². The van der Waals surface area contributed by atoms with E-state index in [-0.39, 0.29) is 5.69 Å². The molecule has 0 amide bonds. The lowest BCUT2D eigenvalue weighted by Crippen LogP contribution is -2.34. The van der Waals surface area contributed by atoms with Gasteiger partial charge in [-0.25, -0.2) is 4.79 Å². The molecule has 1 rings (SSSR count). The topological polar surface area (TPSA) is 179 Å². The van der Waals surface area contributed by atoms with E-state index in [0.29, 0.717) is 0 Å². The summed E-state index contributed by atoms with van der Waals surface area (Å²) in [5.74, 6) is -1.59. The maximum Gasteiger partial charge on any atom is 0.455 e. The van der Waals surface area contributed by atoms with E-state index < -0.39 is 28.3 Å². The van der Waals surface area contributed by atoms with E-state index in [4.69, 9.17) is 20.9 Å². The number of hydrogen-bond donors (Lipinski definition) is 3. The summed E-state index contributed by atoms with van der Waals surface area (Å²) in [6.07, 6.45) is -3.78. The number of esters is 1. The van der Waals surface area contributed by atoms with Gasteiger partial charge in [0.15, 0.2) is 0 Å². The fourth-order valence-corrected chi connectivity index (χ4v) is 1.14. The highest BCUT2D eigenvalue weighted by Gasteiger charge is 2.30. The van der Waals surface area contributed by atoms with Crippen LogP contribution in [0.2, 0.25) is 0 Å². The minimum absolute atomic E-state index is 0.139. The van der Waals surface area contributed by atoms with E-state index in [9.17, 15) is 14.9 Å². The number of hydrogen-bond acceptors (Lipinski definition) is 8. The minimum atomic E-state index is -3.78. The first kappa shape index (κ1) is 14.3. The third-order valence-electron chi connectivity index (χ3n) is 1.79. The molecule has 0 fully saturated rings. The Morgan fingerprint density at radius 3 is 2.58 bits per heavy atom. The van der Waals surface area contributed by atoms with E-state index in [1.54, 1.807) is 0 Å². The van der Waals surface area contributed by atoms with Gasteiger partial charge < -0.3 is 20.1 Å². The largest absolute Gasteiger partial charge is 0.455 e. The molecule has 0 heterocycles. The van der Waals surface area contributed by atoms with Crippen LogP contribution in [0.15, 0.2) is 23.3 Å². The molecule has 0 saturated carbocycles. The van der Waals surface area contributed by atoms with Gasteiger partial charge in [-0.05, 0) is 17.7 Å². The lowest BCUT2D eigenvalue weighted by Gasteiger charge is -2.13. The third kappa shape index (κ3) is 3.90. The molecule has 0 unspecified atom stereocenters. The number of aliphatic hydroxyl groups is 3. The first-order chi connectivity index (χ1) is 8.74. The molecule has 19 heavy (non-hydrogen) atoms. The summed E-state index contributed by atoms with van der Waals surface area (Å²) >= 11 is 0. The molecule has 0 atom stereocenters. The number of azide groups is 1. The van der Waals surface area contributed by atoms with Crippen LogP contribution in [-0.4, -0.2) is 32.4 Å². The number of benzene rings is 1. The monoisotopic (exact) mass is 270 g/mol. The number of nitro benzene ring substituents is 1. The highest BCUT2D eigenvalue weighted by molar-refractivity contribution is 5.95. The highest BCUT2D eigenvalue weighted by Crippen LogP contribution is 2.25. The highest BCUT2D eigenvalue weighted by atomic mass is 16.9. The van der Waals surface area contributed by atoms with Gasteiger partial charge in [-0.2, -0.15) is 0 Å². The van der Waals surface area contributed by atoms with E-state index >= 15 is 0 Å². The zero-order chi connectivity index (χ0) is 14.6. The first-order valence-corrected chi connectivity index (χ1v) is 4.48. The standard InChI is InChI=1S/C8H6N4O7/c9-11-10-4-1-2-6(12(17)18)5(3-4)7(13)19-8(14,15)16/h1-3,14-16H. The third-order valence-corrected chi connectivity index (χ3v) is 1.79. The molecule has 11 heteroatoms. The van der Waals surface area contributed by atoms with Crippen LogP contribution in [0.4, 0.5) is 11.4 Å². The van der Waals surface area contributed by atoms with Gasteiger partial charge in [-0.15, -0.1) is 0 Å². The molecule has 0 aliphatic carbocycles. The number of carbonyl (C=O) groups excluding carboxylic acids is 1. The number of ether oxygens (including phenoxy) is 1. The minimum Gasteiger partial charge on any atom is -0.380 e. The van der Waals surface area contributed by atoms with Crippen molar-refractivity contribution in [2.45, 2.75) is 6.16 Å². The summed E-state index contributed by atoms with van der Waals surface area (Å²) in [6, 6.07) is 2.72. The number of carbonyl (C=O) groups is 1. The van der Waals surface area contributed by atoms with Crippen molar-refractivity contribution in [3.8, 4) is 0 Å². The average molecular weight is 270 g/mol. The van der Waals surface area contributed by atoms with Gasteiger partial charge in [0.2, 0.25) is 0 Å². The van der Waals surface area contributed by atoms with Crippen molar-refractivity contribution >= 4 is 17.3 Å². The van der Waals surface area contributed by atoms with Gasteiger partial charge in [0.1, 0.15) is 5.56 Å². The Labute approximate surface area is 104 Å². The summed E-state index contributed by atoms with van der Waals surface area (Å²) in [7, 11) is 0. The zero-order valence-electron chi connectivity index (χ0n) is 9.00. The molecule has 0 radical (unpaired) electrons. The number of nitro groups is 1. The number of nitrogens with zero attached hydrogens (tertiary/aromatic N) is 4. The van der Waals surface area contributed by atoms with E-state index in [1.165, 1.54) is 0 Å². The van der Waals surface area contributed by atoms with Crippen LogP contribution in [0.3, 0.4) is 0 Å². The summed E-state index contributed by atoms with van der Waals surface area (Å²) < 4.78 is 3.74. The van der Waals surface area contributed by atoms with Crippen LogP contribution in [0.25, 0.3) is 10.4 Å². The Kier molecular flexibility index (Phi) is 3.99. The SMILES string of the molecule is [N-]=[N+]=Nc1ccc([N+](=O)[O-])c(C(=O)OC(O)(O)O)c1. The van der Waals surface area contributed by atoms with Crippen LogP contribution in [0.5, 0.6) is 0 Å². The summed E-state index contributed by atoms with van der Waals surface area (Å²) in [6.45, 7) is 0. The Morgan fingerprint density at radius 2 is 2.11 bits per heavy atom. The van der Waals surface area contributed by atoms with Crippen LogP contribution >= 0.6 is 0 Å². The Bertz CT molecular complexity index is 573. The fraction of sp³-hybridized carbons (Fsp3) is 0.125. The van der Waals surface area contributed by atoms with Crippen LogP contribution in [0.1, 0.15) is 10.4 Å². The second-order valence-electron chi connectivity index (χ2n) is 3.11. The van der Waals surface area contributed by atoms with Gasteiger partial charge in [0, 0.05) is 16.7 Å². The first-order valence-electron chi connectivity index (χ1n) is 4.48. The average Bonchev–Trinajstić information content (AvgIpc) is 2.26. The summed E-state index contributed by atoms with van der Waals surface area (Å²) in [5.41, 5.74) is 6.61. The van der Waals surface area contributed by atoms with Crippen LogP contribution < -0.4 is 0 Å². The van der Waals surface area contributed by atoms with Crippen LogP contribution in [-0.2, 0) is 4.74 Å². The van der Waals surface area contributed by atoms with Crippen molar-refractivity contribution < 1.29 is 29.8 Å². The molecular formula is C8H6N4O7. The Morgan fingerprint density at radius 1 is 1.47 bits per heavy atom. The molecule has 1 aromatic rings. The second kappa shape index (κ2) is 5.29. The van der Waals surface area contributed by atoms with Gasteiger partial charge in [0.05, 0.1) is 4.92 Å². The van der Waals surface area contributed by atoms with Gasteiger partial charge >= 0.3 is 12.1 Å². The lowest BCUT2D eigenvalue weighted by molar-refractivity contribution is -0.431. The number of rotatable bonds is 4. The summed E-state index contributed by atoms with van der Waals surface area (Å²) in [4.78, 5) is 23.5. The Balaban J connectivity index is 3.28. The molecule has 3 N–H and O–H groups in total. The van der Waals surface area contributed by atoms with Crippen molar-refractivity contribution in [1.82, 2.24) is 0 Å². The van der Waals surface area contributed by atoms with Crippen LogP contribution in [0, 0.1) is 10.1 Å². The predicted molar refractivity (Wildman–Crippen MR) is 56.7 cm³/mol. The molecule has 0 aromatic heterocycles. The maximum absolute atomic E-state index is 11.4. The molecule has 1 aromatic carbocycles. The zero-order valence-corrected chi connectivity index (χ0v) is 9.00. The van der Waals surface area contributed by atoms with Crippen molar-refractivity contribution in [3.05, 3.63) is 44.3 Å². The smallest absolute Gasteiger partial charge is 0.380 e. The molecule has 0 saturated heterocycles. The van der Waals surface area contributed by atoms with Gasteiger partial charge in [0.25, 0.3) is 5.69 Å². The van der Waals surface area contributed by atoms with Gasteiger partial charge in [-0.3, -0.25) is 10.1 Å². The molecule has 0 spiro atoms. The molecule has 0 bridgehead atoms. The molecule has 100 valence electrons. The van der Waals surface area contributed by atoms with E-state index in [2.05, 4.69) is 14.8 Å². The lowest BCUT2D eigenvalue weighted by atomic mass is 10.1. The van der Waals surface area contributed by atoms with Crippen molar-refractivity contribution in [2.24, 2.45) is 5.11 Å². The van der Waals surface area contributed by atoms with Crippen molar-refractivity contribution in [3.63, 3.8) is 0 Å². The molecule has 11 nitrogen and oxygen atoms in total. The summed E-state index contributed by atoms with van der Waals surface area (Å²) in [5, 5.41) is 39.2. The fourth-order valence-electron chi connectivity index (χ4n) is 1.14. The van der Waals surface area contributed by atoms with Crippen molar-refractivity contribution in [2.75, 3.05) is 0 Å². The van der Waals surface area contributed by atoms with E-state index in [1.807, 2.05) is 0 Å². The molecule has 0 aliphatic heterocycles. The van der Waals surface area contributed by atoms with Crippen molar-refractivity contribution in [1.29, 1.82) is 0 Å². The molecule has 0 aliphatic rings. The maximum atomic E-state index is 11.4.